The zero-order valence-electron chi connectivity index (χ0n) is 10.4. The minimum atomic E-state index is -0.879. The van der Waals surface area contributed by atoms with E-state index in [1.54, 1.807) is 0 Å². The number of carboxylic acids is 1. The van der Waals surface area contributed by atoms with Crippen molar-refractivity contribution in [3.63, 3.8) is 0 Å². The van der Waals surface area contributed by atoms with Gasteiger partial charge in [0.05, 0.1) is 5.69 Å². The van der Waals surface area contributed by atoms with E-state index in [0.717, 1.165) is 22.6 Å². The van der Waals surface area contributed by atoms with Crippen LogP contribution < -0.4 is 0 Å². The van der Waals surface area contributed by atoms with Crippen LogP contribution >= 0.6 is 11.3 Å². The van der Waals surface area contributed by atoms with Gasteiger partial charge in [-0.05, 0) is 18.9 Å². The highest BCUT2D eigenvalue weighted by Crippen LogP contribution is 2.30. The van der Waals surface area contributed by atoms with Crippen molar-refractivity contribution in [3.05, 3.63) is 40.4 Å². The fraction of sp³-hybridized carbons (Fsp3) is 0.286. The SMILES string of the molecule is CCCc1nc(-c2ccccc2C)sc1C(=O)O. The normalized spacial score (nSPS) is 10.6. The smallest absolute Gasteiger partial charge is 0.347 e. The van der Waals surface area contributed by atoms with Gasteiger partial charge < -0.3 is 5.11 Å². The van der Waals surface area contributed by atoms with Gasteiger partial charge in [-0.3, -0.25) is 0 Å². The average molecular weight is 261 g/mol. The van der Waals surface area contributed by atoms with Gasteiger partial charge in [0.25, 0.3) is 0 Å². The lowest BCUT2D eigenvalue weighted by molar-refractivity contribution is 0.0700. The van der Waals surface area contributed by atoms with Gasteiger partial charge in [0.15, 0.2) is 0 Å². The number of hydrogen-bond donors (Lipinski definition) is 1. The second-order valence-corrected chi connectivity index (χ2v) is 5.16. The van der Waals surface area contributed by atoms with Crippen LogP contribution in [0.4, 0.5) is 0 Å². The first-order valence-electron chi connectivity index (χ1n) is 5.92. The molecule has 1 aromatic carbocycles. The van der Waals surface area contributed by atoms with Crippen LogP contribution in [-0.4, -0.2) is 16.1 Å². The second-order valence-electron chi connectivity index (χ2n) is 4.16. The van der Waals surface area contributed by atoms with Crippen molar-refractivity contribution in [2.45, 2.75) is 26.7 Å². The standard InChI is InChI=1S/C14H15NO2S/c1-3-6-11-12(14(16)17)18-13(15-11)10-8-5-4-7-9(10)2/h4-5,7-8H,3,6H2,1-2H3,(H,16,17). The molecule has 4 heteroatoms. The van der Waals surface area contributed by atoms with E-state index in [1.807, 2.05) is 38.1 Å². The molecular formula is C14H15NO2S. The number of carbonyl (C=O) groups is 1. The highest BCUT2D eigenvalue weighted by atomic mass is 32.1. The Bertz CT molecular complexity index is 575. The van der Waals surface area contributed by atoms with E-state index in [0.29, 0.717) is 17.0 Å². The predicted molar refractivity (Wildman–Crippen MR) is 73.2 cm³/mol. The summed E-state index contributed by atoms with van der Waals surface area (Å²) >= 11 is 1.26. The molecule has 2 rings (SSSR count). The molecule has 1 N–H and O–H groups in total. The third-order valence-corrected chi connectivity index (χ3v) is 3.87. The van der Waals surface area contributed by atoms with Crippen LogP contribution in [0, 0.1) is 6.92 Å². The first-order valence-corrected chi connectivity index (χ1v) is 6.74. The molecule has 0 radical (unpaired) electrons. The fourth-order valence-corrected chi connectivity index (χ4v) is 2.89. The molecule has 0 amide bonds. The largest absolute Gasteiger partial charge is 0.477 e. The lowest BCUT2D eigenvalue weighted by Crippen LogP contribution is -1.98. The summed E-state index contributed by atoms with van der Waals surface area (Å²) < 4.78 is 0. The number of nitrogens with zero attached hydrogens (tertiary/aromatic N) is 1. The number of rotatable bonds is 4. The number of carboxylic acid groups (broad SMARTS) is 1. The quantitative estimate of drug-likeness (QED) is 0.911. The summed E-state index contributed by atoms with van der Waals surface area (Å²) in [5.41, 5.74) is 2.84. The van der Waals surface area contributed by atoms with Crippen LogP contribution in [0.2, 0.25) is 0 Å². The summed E-state index contributed by atoms with van der Waals surface area (Å²) in [5.74, 6) is -0.879. The van der Waals surface area contributed by atoms with Crippen molar-refractivity contribution >= 4 is 17.3 Å². The van der Waals surface area contributed by atoms with E-state index in [4.69, 9.17) is 0 Å². The zero-order valence-corrected chi connectivity index (χ0v) is 11.3. The number of benzene rings is 1. The van der Waals surface area contributed by atoms with Crippen LogP contribution in [-0.2, 0) is 6.42 Å². The van der Waals surface area contributed by atoms with E-state index < -0.39 is 5.97 Å². The first kappa shape index (κ1) is 12.8. The molecule has 0 atom stereocenters. The Morgan fingerprint density at radius 1 is 1.39 bits per heavy atom. The van der Waals surface area contributed by atoms with Gasteiger partial charge in [-0.2, -0.15) is 0 Å². The number of aromatic nitrogens is 1. The summed E-state index contributed by atoms with van der Waals surface area (Å²) in [6.45, 7) is 4.04. The molecule has 2 aromatic rings. The molecule has 0 aliphatic heterocycles. The van der Waals surface area contributed by atoms with Crippen molar-refractivity contribution in [2.24, 2.45) is 0 Å². The molecule has 0 saturated heterocycles. The van der Waals surface area contributed by atoms with Gasteiger partial charge in [-0.15, -0.1) is 11.3 Å². The Morgan fingerprint density at radius 3 is 2.72 bits per heavy atom. The van der Waals surface area contributed by atoms with Crippen molar-refractivity contribution in [2.75, 3.05) is 0 Å². The van der Waals surface area contributed by atoms with Gasteiger partial charge in [-0.1, -0.05) is 37.6 Å². The molecule has 0 bridgehead atoms. The van der Waals surface area contributed by atoms with Gasteiger partial charge in [0.2, 0.25) is 0 Å². The molecule has 0 fully saturated rings. The maximum atomic E-state index is 11.2. The second kappa shape index (κ2) is 5.31. The lowest BCUT2D eigenvalue weighted by Gasteiger charge is -2.00. The van der Waals surface area contributed by atoms with Crippen molar-refractivity contribution in [3.8, 4) is 10.6 Å². The molecule has 0 spiro atoms. The molecule has 0 aliphatic rings. The van der Waals surface area contributed by atoms with Crippen molar-refractivity contribution in [1.82, 2.24) is 4.98 Å². The van der Waals surface area contributed by atoms with Gasteiger partial charge in [0, 0.05) is 5.56 Å². The Morgan fingerprint density at radius 2 is 2.11 bits per heavy atom. The topological polar surface area (TPSA) is 50.2 Å². The highest BCUT2D eigenvalue weighted by Gasteiger charge is 2.17. The molecular weight excluding hydrogens is 246 g/mol. The third kappa shape index (κ3) is 2.43. The van der Waals surface area contributed by atoms with Crippen LogP contribution in [0.25, 0.3) is 10.6 Å². The minimum absolute atomic E-state index is 0.370. The van der Waals surface area contributed by atoms with E-state index in [1.165, 1.54) is 11.3 Å². The Kier molecular flexibility index (Phi) is 3.77. The summed E-state index contributed by atoms with van der Waals surface area (Å²) in [5, 5.41) is 9.99. The molecule has 1 heterocycles. The monoisotopic (exact) mass is 261 g/mol. The molecule has 94 valence electrons. The number of hydrogen-bond acceptors (Lipinski definition) is 3. The van der Waals surface area contributed by atoms with E-state index in [2.05, 4.69) is 4.98 Å². The summed E-state index contributed by atoms with van der Waals surface area (Å²) in [6.07, 6.45) is 1.61. The van der Waals surface area contributed by atoms with Gasteiger partial charge in [0.1, 0.15) is 9.88 Å². The summed E-state index contributed by atoms with van der Waals surface area (Å²) in [7, 11) is 0. The molecule has 18 heavy (non-hydrogen) atoms. The van der Waals surface area contributed by atoms with E-state index in [-0.39, 0.29) is 0 Å². The maximum absolute atomic E-state index is 11.2. The van der Waals surface area contributed by atoms with Crippen LogP contribution in [0.15, 0.2) is 24.3 Å². The number of thiazole rings is 1. The minimum Gasteiger partial charge on any atom is -0.477 e. The molecule has 0 saturated carbocycles. The number of aromatic carboxylic acids is 1. The average Bonchev–Trinajstić information content (AvgIpc) is 2.74. The fourth-order valence-electron chi connectivity index (χ4n) is 1.85. The highest BCUT2D eigenvalue weighted by molar-refractivity contribution is 7.17. The van der Waals surface area contributed by atoms with Crippen LogP contribution in [0.3, 0.4) is 0 Å². The molecule has 0 unspecified atom stereocenters. The Balaban J connectivity index is 2.50. The van der Waals surface area contributed by atoms with E-state index in [9.17, 15) is 9.90 Å². The van der Waals surface area contributed by atoms with Crippen LogP contribution in [0.1, 0.15) is 34.3 Å². The number of aryl methyl sites for hydroxylation is 2. The third-order valence-electron chi connectivity index (χ3n) is 2.75. The van der Waals surface area contributed by atoms with Gasteiger partial charge >= 0.3 is 5.97 Å². The predicted octanol–water partition coefficient (Wildman–Crippen LogP) is 3.77. The van der Waals surface area contributed by atoms with Crippen molar-refractivity contribution < 1.29 is 9.90 Å². The molecule has 1 aromatic heterocycles. The van der Waals surface area contributed by atoms with Crippen LogP contribution in [0.5, 0.6) is 0 Å². The molecule has 0 aliphatic carbocycles. The first-order chi connectivity index (χ1) is 8.63. The maximum Gasteiger partial charge on any atom is 0.347 e. The Labute approximate surface area is 110 Å². The molecule has 3 nitrogen and oxygen atoms in total. The van der Waals surface area contributed by atoms with Crippen molar-refractivity contribution in [1.29, 1.82) is 0 Å². The summed E-state index contributed by atoms with van der Waals surface area (Å²) in [4.78, 5) is 16.1. The lowest BCUT2D eigenvalue weighted by atomic mass is 10.1. The van der Waals surface area contributed by atoms with E-state index >= 15 is 0 Å². The Hall–Kier alpha value is -1.68. The zero-order chi connectivity index (χ0) is 13.1. The van der Waals surface area contributed by atoms with Gasteiger partial charge in [-0.25, -0.2) is 9.78 Å². The summed E-state index contributed by atoms with van der Waals surface area (Å²) in [6, 6.07) is 7.91.